The van der Waals surface area contributed by atoms with Gasteiger partial charge in [0, 0.05) is 50.5 Å². The fourth-order valence-corrected chi connectivity index (χ4v) is 5.90. The summed E-state index contributed by atoms with van der Waals surface area (Å²) >= 11 is 0. The molecule has 0 bridgehead atoms. The quantitative estimate of drug-likeness (QED) is 0.578. The fourth-order valence-electron chi connectivity index (χ4n) is 4.22. The van der Waals surface area contributed by atoms with Crippen LogP contribution in [-0.2, 0) is 24.3 Å². The van der Waals surface area contributed by atoms with Crippen LogP contribution in [0.2, 0.25) is 0 Å². The van der Waals surface area contributed by atoms with Gasteiger partial charge in [0.05, 0.1) is 25.5 Å². The normalized spacial score (nSPS) is 18.2. The zero-order valence-electron chi connectivity index (χ0n) is 19.7. The minimum absolute atomic E-state index is 0.0426. The smallest absolute Gasteiger partial charge is 0.243 e. The summed E-state index contributed by atoms with van der Waals surface area (Å²) in [5.74, 6) is -0.466. The topological polar surface area (TPSA) is 99.3 Å². The molecule has 10 heteroatoms. The summed E-state index contributed by atoms with van der Waals surface area (Å²) in [5, 5.41) is 2.84. The van der Waals surface area contributed by atoms with Crippen molar-refractivity contribution < 1.29 is 22.7 Å². The Kier molecular flexibility index (Phi) is 9.10. The maximum atomic E-state index is 12.8. The van der Waals surface area contributed by atoms with Gasteiger partial charge in [-0.15, -0.1) is 0 Å². The Hall–Kier alpha value is -2.17. The first-order valence-corrected chi connectivity index (χ1v) is 13.4. The number of carbonyl (C=O) groups is 2. The second-order valence-corrected chi connectivity index (χ2v) is 10.8. The third kappa shape index (κ3) is 7.15. The second-order valence-electron chi connectivity index (χ2n) is 8.73. The lowest BCUT2D eigenvalue weighted by Gasteiger charge is -2.32. The van der Waals surface area contributed by atoms with Gasteiger partial charge >= 0.3 is 0 Å². The molecule has 0 saturated carbocycles. The zero-order valence-corrected chi connectivity index (χ0v) is 20.5. The van der Waals surface area contributed by atoms with Crippen molar-refractivity contribution in [3.63, 3.8) is 0 Å². The van der Waals surface area contributed by atoms with Crippen LogP contribution in [0.4, 0.5) is 11.4 Å². The molecular formula is C23H36N4O5S. The van der Waals surface area contributed by atoms with E-state index >= 15 is 0 Å². The summed E-state index contributed by atoms with van der Waals surface area (Å²) in [6, 6.07) is 7.66. The molecule has 3 rings (SSSR count). The van der Waals surface area contributed by atoms with E-state index in [9.17, 15) is 18.0 Å². The molecule has 0 atom stereocenters. The lowest BCUT2D eigenvalue weighted by molar-refractivity contribution is -0.138. The van der Waals surface area contributed by atoms with E-state index in [1.54, 1.807) is 7.05 Å². The van der Waals surface area contributed by atoms with Crippen LogP contribution in [0.3, 0.4) is 0 Å². The van der Waals surface area contributed by atoms with Crippen molar-refractivity contribution in [3.8, 4) is 0 Å². The van der Waals surface area contributed by atoms with Crippen LogP contribution >= 0.6 is 0 Å². The van der Waals surface area contributed by atoms with Crippen LogP contribution < -0.4 is 10.2 Å². The molecule has 0 aliphatic carbocycles. The first kappa shape index (κ1) is 25.5. The first-order valence-electron chi connectivity index (χ1n) is 11.8. The van der Waals surface area contributed by atoms with Crippen molar-refractivity contribution in [1.29, 1.82) is 0 Å². The predicted molar refractivity (Wildman–Crippen MR) is 129 cm³/mol. The lowest BCUT2D eigenvalue weighted by atomic mass is 9.96. The van der Waals surface area contributed by atoms with E-state index in [-0.39, 0.29) is 30.0 Å². The Morgan fingerprint density at radius 2 is 1.73 bits per heavy atom. The Bertz CT molecular complexity index is 892. The number of amides is 2. The third-order valence-electron chi connectivity index (χ3n) is 6.24. The standard InChI is InChI=1S/C23H36N4O5S/c1-3-4-17-33(30,31)27-11-9-19(10-12-27)23(29)25(2)18-22(28)24-20-5-7-21(8-6-20)26-13-15-32-16-14-26/h5-8,19H,3-4,9-18H2,1-2H3,(H,24,28). The number of hydrogen-bond donors (Lipinski definition) is 1. The Balaban J connectivity index is 1.44. The summed E-state index contributed by atoms with van der Waals surface area (Å²) < 4.78 is 31.6. The molecule has 1 aromatic carbocycles. The molecule has 0 spiro atoms. The fraction of sp³-hybridized carbons (Fsp3) is 0.652. The summed E-state index contributed by atoms with van der Waals surface area (Å²) in [6.07, 6.45) is 2.45. The summed E-state index contributed by atoms with van der Waals surface area (Å²) in [4.78, 5) is 28.9. The number of sulfonamides is 1. The van der Waals surface area contributed by atoms with Crippen LogP contribution in [-0.4, -0.2) is 88.2 Å². The Morgan fingerprint density at radius 1 is 1.09 bits per heavy atom. The van der Waals surface area contributed by atoms with Crippen LogP contribution in [0.1, 0.15) is 32.6 Å². The highest BCUT2D eigenvalue weighted by Gasteiger charge is 2.32. The molecule has 9 nitrogen and oxygen atoms in total. The average Bonchev–Trinajstić information content (AvgIpc) is 2.83. The van der Waals surface area contributed by atoms with Gasteiger partial charge in [0.15, 0.2) is 0 Å². The van der Waals surface area contributed by atoms with Crippen LogP contribution in [0.15, 0.2) is 24.3 Å². The van der Waals surface area contributed by atoms with Crippen LogP contribution in [0.25, 0.3) is 0 Å². The third-order valence-corrected chi connectivity index (χ3v) is 8.19. The molecule has 2 aliphatic heterocycles. The maximum Gasteiger partial charge on any atom is 0.243 e. The lowest BCUT2D eigenvalue weighted by Crippen LogP contribution is -2.45. The SMILES string of the molecule is CCCCS(=O)(=O)N1CCC(C(=O)N(C)CC(=O)Nc2ccc(N3CCOCC3)cc2)CC1. The van der Waals surface area contributed by atoms with E-state index < -0.39 is 10.0 Å². The number of benzene rings is 1. The highest BCUT2D eigenvalue weighted by Crippen LogP contribution is 2.22. The van der Waals surface area contributed by atoms with Gasteiger partial charge in [-0.3, -0.25) is 9.59 Å². The molecule has 0 aromatic heterocycles. The van der Waals surface area contributed by atoms with Gasteiger partial charge in [0.1, 0.15) is 0 Å². The number of hydrogen-bond acceptors (Lipinski definition) is 6. The van der Waals surface area contributed by atoms with Gasteiger partial charge in [-0.2, -0.15) is 0 Å². The van der Waals surface area contributed by atoms with Crippen molar-refractivity contribution in [3.05, 3.63) is 24.3 Å². The number of likely N-dealkylation sites (N-methyl/N-ethyl adjacent to an activating group) is 1. The molecule has 2 saturated heterocycles. The number of rotatable bonds is 9. The van der Waals surface area contributed by atoms with E-state index in [1.807, 2.05) is 31.2 Å². The van der Waals surface area contributed by atoms with Gasteiger partial charge < -0.3 is 19.9 Å². The van der Waals surface area contributed by atoms with Gasteiger partial charge in [-0.25, -0.2) is 12.7 Å². The second kappa shape index (κ2) is 11.8. The maximum absolute atomic E-state index is 12.8. The largest absolute Gasteiger partial charge is 0.378 e. The van der Waals surface area contributed by atoms with Gasteiger partial charge in [0.25, 0.3) is 0 Å². The van der Waals surface area contributed by atoms with Crippen molar-refractivity contribution in [2.45, 2.75) is 32.6 Å². The molecule has 184 valence electrons. The monoisotopic (exact) mass is 480 g/mol. The molecule has 2 aliphatic rings. The van der Waals surface area contributed by atoms with Crippen molar-refractivity contribution in [2.75, 3.05) is 69.0 Å². The van der Waals surface area contributed by atoms with Crippen molar-refractivity contribution in [2.24, 2.45) is 5.92 Å². The van der Waals surface area contributed by atoms with Gasteiger partial charge in [-0.1, -0.05) is 13.3 Å². The highest BCUT2D eigenvalue weighted by atomic mass is 32.2. The van der Waals surface area contributed by atoms with E-state index in [0.717, 1.165) is 25.2 Å². The molecule has 1 aromatic rings. The van der Waals surface area contributed by atoms with Crippen molar-refractivity contribution in [1.82, 2.24) is 9.21 Å². The number of nitrogens with zero attached hydrogens (tertiary/aromatic N) is 3. The molecule has 2 heterocycles. The summed E-state index contributed by atoms with van der Waals surface area (Å²) in [7, 11) is -1.62. The average molecular weight is 481 g/mol. The minimum Gasteiger partial charge on any atom is -0.378 e. The number of morpholine rings is 1. The summed E-state index contributed by atoms with van der Waals surface area (Å²) in [6.45, 7) is 5.77. The number of nitrogens with one attached hydrogen (secondary N) is 1. The first-order chi connectivity index (χ1) is 15.8. The number of piperidine rings is 1. The van der Waals surface area contributed by atoms with Crippen LogP contribution in [0.5, 0.6) is 0 Å². The predicted octanol–water partition coefficient (Wildman–Crippen LogP) is 1.76. The van der Waals surface area contributed by atoms with Gasteiger partial charge in [0.2, 0.25) is 21.8 Å². The number of ether oxygens (including phenoxy) is 1. The van der Waals surface area contributed by atoms with E-state index in [0.29, 0.717) is 51.3 Å². The van der Waals surface area contributed by atoms with Crippen molar-refractivity contribution >= 4 is 33.2 Å². The zero-order chi connectivity index (χ0) is 23.8. The molecule has 1 N–H and O–H groups in total. The number of carbonyl (C=O) groups excluding carboxylic acids is 2. The highest BCUT2D eigenvalue weighted by molar-refractivity contribution is 7.89. The van der Waals surface area contributed by atoms with Gasteiger partial charge in [-0.05, 0) is 43.5 Å². The van der Waals surface area contributed by atoms with E-state index in [2.05, 4.69) is 10.2 Å². The molecular weight excluding hydrogens is 444 g/mol. The Morgan fingerprint density at radius 3 is 2.33 bits per heavy atom. The molecule has 2 amide bonds. The molecule has 0 radical (unpaired) electrons. The molecule has 2 fully saturated rings. The van der Waals surface area contributed by atoms with E-state index in [4.69, 9.17) is 4.74 Å². The minimum atomic E-state index is -3.24. The Labute approximate surface area is 197 Å². The van der Waals surface area contributed by atoms with Crippen LogP contribution in [0, 0.1) is 5.92 Å². The number of unbranched alkanes of at least 4 members (excludes halogenated alkanes) is 1. The van der Waals surface area contributed by atoms with E-state index in [1.165, 1.54) is 9.21 Å². The number of anilines is 2. The molecule has 0 unspecified atom stereocenters. The summed E-state index contributed by atoms with van der Waals surface area (Å²) in [5.41, 5.74) is 1.77. The molecule has 33 heavy (non-hydrogen) atoms.